The first-order valence-electron chi connectivity index (χ1n) is 10.2. The average Bonchev–Trinajstić information content (AvgIpc) is 3.22. The summed E-state index contributed by atoms with van der Waals surface area (Å²) in [4.78, 5) is 21.9. The summed E-state index contributed by atoms with van der Waals surface area (Å²) in [5.74, 6) is 0.179. The van der Waals surface area contributed by atoms with Crippen molar-refractivity contribution in [1.29, 1.82) is 0 Å². The Labute approximate surface area is 171 Å². The molecule has 150 valence electrons. The number of pyridine rings is 1. The number of nitrogens with zero attached hydrogens (tertiary/aromatic N) is 4. The number of benzene rings is 1. The van der Waals surface area contributed by atoms with Crippen molar-refractivity contribution < 1.29 is 4.79 Å². The van der Waals surface area contributed by atoms with Crippen LogP contribution in [0.3, 0.4) is 0 Å². The molecular weight excluding hydrogens is 362 g/mol. The summed E-state index contributed by atoms with van der Waals surface area (Å²) in [6.45, 7) is 5.98. The molecule has 2 aromatic heterocycles. The third-order valence-electron chi connectivity index (χ3n) is 5.62. The van der Waals surface area contributed by atoms with Gasteiger partial charge < -0.3 is 4.90 Å². The third-order valence-corrected chi connectivity index (χ3v) is 5.62. The van der Waals surface area contributed by atoms with Gasteiger partial charge >= 0.3 is 0 Å². The smallest absolute Gasteiger partial charge is 0.227 e. The Bertz CT molecular complexity index is 925. The maximum absolute atomic E-state index is 13.2. The largest absolute Gasteiger partial charge is 0.341 e. The van der Waals surface area contributed by atoms with Crippen LogP contribution in [0.2, 0.25) is 0 Å². The Kier molecular flexibility index (Phi) is 6.00. The van der Waals surface area contributed by atoms with Gasteiger partial charge in [0.25, 0.3) is 0 Å². The van der Waals surface area contributed by atoms with Crippen LogP contribution >= 0.6 is 0 Å². The maximum atomic E-state index is 13.2. The highest BCUT2D eigenvalue weighted by atomic mass is 16.2. The number of carbonyl (C=O) groups excluding carboxylic acids is 1. The van der Waals surface area contributed by atoms with Crippen LogP contribution in [0.4, 0.5) is 0 Å². The maximum Gasteiger partial charge on any atom is 0.227 e. The summed E-state index contributed by atoms with van der Waals surface area (Å²) in [6, 6.07) is 14.4. The minimum Gasteiger partial charge on any atom is -0.341 e. The van der Waals surface area contributed by atoms with E-state index in [1.807, 2.05) is 29.3 Å². The molecule has 6 heteroatoms. The molecule has 1 aromatic carbocycles. The van der Waals surface area contributed by atoms with Gasteiger partial charge in [0, 0.05) is 62.6 Å². The zero-order valence-corrected chi connectivity index (χ0v) is 16.8. The van der Waals surface area contributed by atoms with Gasteiger partial charge in [-0.15, -0.1) is 0 Å². The van der Waals surface area contributed by atoms with Gasteiger partial charge in [-0.3, -0.25) is 19.8 Å². The minimum atomic E-state index is -0.0711. The first-order chi connectivity index (χ1) is 14.2. The quantitative estimate of drug-likeness (QED) is 0.704. The molecule has 0 radical (unpaired) electrons. The third kappa shape index (κ3) is 4.54. The van der Waals surface area contributed by atoms with Crippen LogP contribution < -0.4 is 0 Å². The molecule has 29 heavy (non-hydrogen) atoms. The predicted molar refractivity (Wildman–Crippen MR) is 113 cm³/mol. The molecule has 1 aliphatic rings. The minimum absolute atomic E-state index is 0.0711. The summed E-state index contributed by atoms with van der Waals surface area (Å²) >= 11 is 0. The van der Waals surface area contributed by atoms with Gasteiger partial charge in [0.1, 0.15) is 0 Å². The van der Waals surface area contributed by atoms with Crippen molar-refractivity contribution >= 4 is 5.91 Å². The second-order valence-corrected chi connectivity index (χ2v) is 7.53. The van der Waals surface area contributed by atoms with Crippen LogP contribution in [0.15, 0.2) is 61.1 Å². The van der Waals surface area contributed by atoms with Crippen LogP contribution in [0.5, 0.6) is 0 Å². The number of carbonyl (C=O) groups is 1. The van der Waals surface area contributed by atoms with Crippen molar-refractivity contribution in [1.82, 2.24) is 25.0 Å². The van der Waals surface area contributed by atoms with Gasteiger partial charge in [0.2, 0.25) is 5.91 Å². The van der Waals surface area contributed by atoms with Crippen LogP contribution in [0.1, 0.15) is 18.2 Å². The summed E-state index contributed by atoms with van der Waals surface area (Å²) in [5, 5.41) is 7.09. The van der Waals surface area contributed by atoms with Crippen molar-refractivity contribution in [2.75, 3.05) is 26.2 Å². The van der Waals surface area contributed by atoms with Crippen LogP contribution in [-0.4, -0.2) is 57.1 Å². The first kappa shape index (κ1) is 19.3. The summed E-state index contributed by atoms with van der Waals surface area (Å²) in [6.07, 6.45) is 6.17. The lowest BCUT2D eigenvalue weighted by atomic mass is 9.91. The Hall–Kier alpha value is -2.99. The Morgan fingerprint density at radius 1 is 1.10 bits per heavy atom. The van der Waals surface area contributed by atoms with Crippen LogP contribution in [-0.2, 0) is 17.8 Å². The molecule has 1 aliphatic heterocycles. The molecule has 0 saturated carbocycles. The molecule has 0 bridgehead atoms. The standard InChI is InChI=1S/C23H27N5O/c1-2-28-13-12-27(17-21-9-11-25-26-21)16-20(23(28)29)14-18-6-3-4-8-22(18)19-7-5-10-24-15-19/h3-11,15,20H,2,12-14,16-17H2,1H3,(H,25,26). The number of hydrogen-bond donors (Lipinski definition) is 1. The average molecular weight is 390 g/mol. The van der Waals surface area contributed by atoms with Crippen molar-refractivity contribution in [3.05, 3.63) is 72.3 Å². The van der Waals surface area contributed by atoms with E-state index >= 15 is 0 Å². The number of H-pyrrole nitrogens is 1. The number of amides is 1. The molecule has 1 fully saturated rings. The molecule has 0 aliphatic carbocycles. The molecule has 3 aromatic rings. The van der Waals surface area contributed by atoms with E-state index in [0.29, 0.717) is 0 Å². The molecule has 1 saturated heterocycles. The number of rotatable bonds is 6. The topological polar surface area (TPSA) is 65.1 Å². The number of aromatic amines is 1. The first-order valence-corrected chi connectivity index (χ1v) is 10.2. The zero-order chi connectivity index (χ0) is 20.1. The van der Waals surface area contributed by atoms with E-state index < -0.39 is 0 Å². The van der Waals surface area contributed by atoms with Gasteiger partial charge in [-0.05, 0) is 36.6 Å². The van der Waals surface area contributed by atoms with E-state index in [4.69, 9.17) is 0 Å². The highest BCUT2D eigenvalue weighted by molar-refractivity contribution is 5.80. The normalized spacial score (nSPS) is 18.0. The molecule has 1 atom stereocenters. The monoisotopic (exact) mass is 389 g/mol. The molecule has 3 heterocycles. The number of nitrogens with one attached hydrogen (secondary N) is 1. The summed E-state index contributed by atoms with van der Waals surface area (Å²) in [7, 11) is 0. The fourth-order valence-electron chi connectivity index (χ4n) is 4.10. The zero-order valence-electron chi connectivity index (χ0n) is 16.8. The van der Waals surface area contributed by atoms with Crippen LogP contribution in [0.25, 0.3) is 11.1 Å². The second-order valence-electron chi connectivity index (χ2n) is 7.53. The molecule has 4 rings (SSSR count). The SMILES string of the molecule is CCN1CCN(Cc2ccn[nH]2)CC(Cc2ccccc2-c2cccnc2)C1=O. The van der Waals surface area contributed by atoms with Crippen molar-refractivity contribution in [3.63, 3.8) is 0 Å². The highest BCUT2D eigenvalue weighted by Gasteiger charge is 2.30. The summed E-state index contributed by atoms with van der Waals surface area (Å²) < 4.78 is 0. The number of likely N-dealkylation sites (N-methyl/N-ethyl adjacent to an activating group) is 1. The van der Waals surface area contributed by atoms with E-state index in [1.54, 1.807) is 12.4 Å². The van der Waals surface area contributed by atoms with E-state index in [1.165, 1.54) is 5.56 Å². The van der Waals surface area contributed by atoms with E-state index in [0.717, 1.165) is 56.0 Å². The van der Waals surface area contributed by atoms with Gasteiger partial charge in [0.05, 0.1) is 5.92 Å². The highest BCUT2D eigenvalue weighted by Crippen LogP contribution is 2.27. The fraction of sp³-hybridized carbons (Fsp3) is 0.348. The second kappa shape index (κ2) is 9.01. The van der Waals surface area contributed by atoms with Gasteiger partial charge in [0.15, 0.2) is 0 Å². The number of aromatic nitrogens is 3. The Morgan fingerprint density at radius 2 is 2.00 bits per heavy atom. The lowest BCUT2D eigenvalue weighted by molar-refractivity contribution is -0.134. The molecular formula is C23H27N5O. The molecule has 1 amide bonds. The van der Waals surface area contributed by atoms with Crippen molar-refractivity contribution in [3.8, 4) is 11.1 Å². The lowest BCUT2D eigenvalue weighted by Gasteiger charge is -2.24. The van der Waals surface area contributed by atoms with E-state index in [9.17, 15) is 4.79 Å². The molecule has 1 unspecified atom stereocenters. The van der Waals surface area contributed by atoms with Gasteiger partial charge in [-0.2, -0.15) is 5.10 Å². The fourth-order valence-corrected chi connectivity index (χ4v) is 4.10. The van der Waals surface area contributed by atoms with Crippen molar-refractivity contribution in [2.24, 2.45) is 5.92 Å². The predicted octanol–water partition coefficient (Wildman–Crippen LogP) is 2.99. The van der Waals surface area contributed by atoms with Gasteiger partial charge in [-0.1, -0.05) is 30.3 Å². The number of hydrogen-bond acceptors (Lipinski definition) is 4. The molecule has 0 spiro atoms. The Balaban J connectivity index is 1.59. The lowest BCUT2D eigenvalue weighted by Crippen LogP contribution is -2.37. The van der Waals surface area contributed by atoms with E-state index in [2.05, 4.69) is 51.3 Å². The van der Waals surface area contributed by atoms with Crippen LogP contribution in [0, 0.1) is 5.92 Å². The van der Waals surface area contributed by atoms with Gasteiger partial charge in [-0.25, -0.2) is 0 Å². The summed E-state index contributed by atoms with van der Waals surface area (Å²) in [5.41, 5.74) is 4.52. The Morgan fingerprint density at radius 3 is 2.76 bits per heavy atom. The van der Waals surface area contributed by atoms with Crippen molar-refractivity contribution in [2.45, 2.75) is 19.9 Å². The molecule has 6 nitrogen and oxygen atoms in total. The van der Waals surface area contributed by atoms with E-state index in [-0.39, 0.29) is 11.8 Å². The molecule has 1 N–H and O–H groups in total.